The highest BCUT2D eigenvalue weighted by atomic mass is 35.5. The number of hydrogen-bond acceptors (Lipinski definition) is 6. The number of amides is 2. The molecule has 8 nitrogen and oxygen atoms in total. The third-order valence-electron chi connectivity index (χ3n) is 5.44. The molecule has 1 aliphatic heterocycles. The molecule has 1 saturated heterocycles. The van der Waals surface area contributed by atoms with Gasteiger partial charge in [0.05, 0.1) is 10.2 Å². The number of halogens is 1. The van der Waals surface area contributed by atoms with Gasteiger partial charge < -0.3 is 5.32 Å². The molecule has 1 N–H and O–H groups in total. The van der Waals surface area contributed by atoms with Crippen LogP contribution in [-0.2, 0) is 16.0 Å². The molecule has 0 saturated carbocycles. The molecule has 1 fully saturated rings. The number of nitriles is 1. The summed E-state index contributed by atoms with van der Waals surface area (Å²) in [6.07, 6.45) is 0.189. The lowest BCUT2D eigenvalue weighted by molar-refractivity contribution is -0.384. The predicted octanol–water partition coefficient (Wildman–Crippen LogP) is 5.62. The molecule has 0 bridgehead atoms. The van der Waals surface area contributed by atoms with Crippen molar-refractivity contribution in [1.29, 1.82) is 5.26 Å². The number of thioether (sulfide) groups is 1. The van der Waals surface area contributed by atoms with Crippen molar-refractivity contribution in [3.8, 4) is 6.07 Å². The zero-order valence-electron chi connectivity index (χ0n) is 19.0. The van der Waals surface area contributed by atoms with E-state index >= 15 is 0 Å². The summed E-state index contributed by atoms with van der Waals surface area (Å²) in [6, 6.07) is 21.6. The summed E-state index contributed by atoms with van der Waals surface area (Å²) in [5, 5.41) is 23.8. The minimum absolute atomic E-state index is 0.0749. The fraction of sp³-hybridized carbons (Fsp3) is 0.115. The fourth-order valence-corrected chi connectivity index (χ4v) is 5.09. The monoisotopic (exact) mass is 518 g/mol. The summed E-state index contributed by atoms with van der Waals surface area (Å²) in [6.45, 7) is 1.91. The fourth-order valence-electron chi connectivity index (χ4n) is 3.65. The van der Waals surface area contributed by atoms with E-state index in [1.165, 1.54) is 17.0 Å². The van der Waals surface area contributed by atoms with Gasteiger partial charge in [0.25, 0.3) is 11.6 Å². The van der Waals surface area contributed by atoms with E-state index in [9.17, 15) is 25.0 Å². The van der Waals surface area contributed by atoms with Crippen LogP contribution in [-0.4, -0.2) is 22.0 Å². The molecule has 1 atom stereocenters. The van der Waals surface area contributed by atoms with Crippen LogP contribution in [0.25, 0.3) is 0 Å². The van der Waals surface area contributed by atoms with Crippen LogP contribution in [0.15, 0.2) is 83.4 Å². The number of carbonyl (C=O) groups excluding carboxylic acids is 2. The lowest BCUT2D eigenvalue weighted by atomic mass is 10.1. The third kappa shape index (κ3) is 5.40. The maximum absolute atomic E-state index is 13.5. The molecule has 4 rings (SSSR count). The van der Waals surface area contributed by atoms with Crippen LogP contribution >= 0.6 is 23.4 Å². The molecule has 1 aliphatic rings. The van der Waals surface area contributed by atoms with Gasteiger partial charge in [-0.15, -0.1) is 0 Å². The van der Waals surface area contributed by atoms with Crippen molar-refractivity contribution in [1.82, 2.24) is 0 Å². The number of non-ortho nitro benzene ring substituents is 1. The van der Waals surface area contributed by atoms with E-state index in [1.807, 2.05) is 25.1 Å². The van der Waals surface area contributed by atoms with E-state index in [-0.39, 0.29) is 28.6 Å². The standard InChI is InChI=1S/C26H19ClN4O4S/c1-16-5-11-20(12-6-16)30-25(33)23(14-17-3-2-4-21(13-17)31(34)35)36-26(30)22(15-28)24(32)29-19-9-7-18(27)8-10-19/h2-13,23H,14H2,1H3,(H,29,32)/b26-22+/t23-/m0/s1. The second-order valence-electron chi connectivity index (χ2n) is 8.00. The van der Waals surface area contributed by atoms with Crippen LogP contribution in [0.2, 0.25) is 5.02 Å². The van der Waals surface area contributed by atoms with Gasteiger partial charge in [-0.2, -0.15) is 5.26 Å². The first kappa shape index (κ1) is 25.0. The average molecular weight is 519 g/mol. The van der Waals surface area contributed by atoms with Crippen molar-refractivity contribution in [2.45, 2.75) is 18.6 Å². The zero-order chi connectivity index (χ0) is 25.8. The van der Waals surface area contributed by atoms with Gasteiger partial charge in [-0.05, 0) is 55.3 Å². The van der Waals surface area contributed by atoms with Crippen LogP contribution < -0.4 is 10.2 Å². The first-order chi connectivity index (χ1) is 17.3. The van der Waals surface area contributed by atoms with Crippen molar-refractivity contribution < 1.29 is 14.5 Å². The number of anilines is 2. The first-order valence-electron chi connectivity index (χ1n) is 10.8. The Balaban J connectivity index is 1.72. The highest BCUT2D eigenvalue weighted by molar-refractivity contribution is 8.05. The minimum Gasteiger partial charge on any atom is -0.321 e. The van der Waals surface area contributed by atoms with E-state index in [4.69, 9.17) is 11.6 Å². The van der Waals surface area contributed by atoms with Crippen molar-refractivity contribution in [2.24, 2.45) is 0 Å². The van der Waals surface area contributed by atoms with E-state index in [2.05, 4.69) is 5.32 Å². The number of rotatable bonds is 6. The Morgan fingerprint density at radius 2 is 1.86 bits per heavy atom. The molecular weight excluding hydrogens is 500 g/mol. The van der Waals surface area contributed by atoms with Crippen LogP contribution in [0.5, 0.6) is 0 Å². The zero-order valence-corrected chi connectivity index (χ0v) is 20.5. The second-order valence-corrected chi connectivity index (χ2v) is 9.63. The lowest BCUT2D eigenvalue weighted by Crippen LogP contribution is -2.30. The largest absolute Gasteiger partial charge is 0.321 e. The molecule has 10 heteroatoms. The summed E-state index contributed by atoms with van der Waals surface area (Å²) in [4.78, 5) is 38.7. The summed E-state index contributed by atoms with van der Waals surface area (Å²) in [7, 11) is 0. The maximum Gasteiger partial charge on any atom is 0.269 e. The Kier molecular flexibility index (Phi) is 7.38. The van der Waals surface area contributed by atoms with Gasteiger partial charge in [0, 0.05) is 28.5 Å². The number of aryl methyl sites for hydroxylation is 1. The van der Waals surface area contributed by atoms with Gasteiger partial charge in [0.1, 0.15) is 16.7 Å². The molecule has 0 aromatic heterocycles. The molecule has 0 aliphatic carbocycles. The van der Waals surface area contributed by atoms with Crippen LogP contribution in [0.3, 0.4) is 0 Å². The Bertz CT molecular complexity index is 1420. The topological polar surface area (TPSA) is 116 Å². The number of carbonyl (C=O) groups is 2. The molecule has 180 valence electrons. The van der Waals surface area contributed by atoms with E-state index in [0.29, 0.717) is 22.0 Å². The number of nitrogens with zero attached hydrogens (tertiary/aromatic N) is 3. The molecule has 36 heavy (non-hydrogen) atoms. The minimum atomic E-state index is -0.685. The molecule has 3 aromatic carbocycles. The Morgan fingerprint density at radius 3 is 2.50 bits per heavy atom. The predicted molar refractivity (Wildman–Crippen MR) is 140 cm³/mol. The molecule has 1 heterocycles. The average Bonchev–Trinajstić information content (AvgIpc) is 3.17. The Morgan fingerprint density at radius 1 is 1.17 bits per heavy atom. The van der Waals surface area contributed by atoms with Gasteiger partial charge >= 0.3 is 0 Å². The van der Waals surface area contributed by atoms with Crippen molar-refractivity contribution in [2.75, 3.05) is 10.2 Å². The number of nitro benzene ring substituents is 1. The van der Waals surface area contributed by atoms with E-state index < -0.39 is 16.1 Å². The van der Waals surface area contributed by atoms with Gasteiger partial charge in [0.2, 0.25) is 5.91 Å². The van der Waals surface area contributed by atoms with Crippen LogP contribution in [0, 0.1) is 28.4 Å². The molecular formula is C26H19ClN4O4S. The normalized spacial score (nSPS) is 16.4. The molecule has 0 spiro atoms. The SMILES string of the molecule is Cc1ccc(N2C(=O)[C@H](Cc3cccc([N+](=O)[O-])c3)S/C2=C(\C#N)C(=O)Nc2ccc(Cl)cc2)cc1. The highest BCUT2D eigenvalue weighted by Gasteiger charge is 2.41. The second kappa shape index (κ2) is 10.6. The molecule has 0 radical (unpaired) electrons. The number of nitro groups is 1. The molecule has 3 aromatic rings. The van der Waals surface area contributed by atoms with Crippen molar-refractivity contribution >= 4 is 52.2 Å². The van der Waals surface area contributed by atoms with Gasteiger partial charge in [-0.25, -0.2) is 0 Å². The summed E-state index contributed by atoms with van der Waals surface area (Å²) >= 11 is 7.00. The van der Waals surface area contributed by atoms with E-state index in [1.54, 1.807) is 48.5 Å². The first-order valence-corrected chi connectivity index (χ1v) is 12.0. The summed E-state index contributed by atoms with van der Waals surface area (Å²) in [5.41, 5.74) is 2.25. The highest BCUT2D eigenvalue weighted by Crippen LogP contribution is 2.42. The number of hydrogen-bond donors (Lipinski definition) is 1. The van der Waals surface area contributed by atoms with E-state index in [0.717, 1.165) is 17.3 Å². The third-order valence-corrected chi connectivity index (χ3v) is 6.96. The van der Waals surface area contributed by atoms with Crippen molar-refractivity contribution in [3.05, 3.63) is 110 Å². The van der Waals surface area contributed by atoms with Gasteiger partial charge in [-0.3, -0.25) is 24.6 Å². The number of nitrogens with one attached hydrogen (secondary N) is 1. The smallest absolute Gasteiger partial charge is 0.269 e. The van der Waals surface area contributed by atoms with Crippen LogP contribution in [0.4, 0.5) is 17.1 Å². The van der Waals surface area contributed by atoms with Gasteiger partial charge in [0.15, 0.2) is 0 Å². The summed E-state index contributed by atoms with van der Waals surface area (Å²) in [5.74, 6) is -0.986. The Hall–Kier alpha value is -4.13. The Labute approximate surface area is 216 Å². The maximum atomic E-state index is 13.5. The molecule has 0 unspecified atom stereocenters. The quantitative estimate of drug-likeness (QED) is 0.196. The summed E-state index contributed by atoms with van der Waals surface area (Å²) < 4.78 is 0. The van der Waals surface area contributed by atoms with Crippen LogP contribution in [0.1, 0.15) is 11.1 Å². The molecule has 2 amide bonds. The van der Waals surface area contributed by atoms with Gasteiger partial charge in [-0.1, -0.05) is 53.2 Å². The van der Waals surface area contributed by atoms with Crippen molar-refractivity contribution in [3.63, 3.8) is 0 Å². The number of benzene rings is 3. The lowest BCUT2D eigenvalue weighted by Gasteiger charge is -2.19.